The Morgan fingerprint density at radius 3 is 2.55 bits per heavy atom. The Bertz CT molecular complexity index is 930. The molecule has 0 fully saturated rings. The summed E-state index contributed by atoms with van der Waals surface area (Å²) < 4.78 is 1.52. The highest BCUT2D eigenvalue weighted by molar-refractivity contribution is 5.85. The second kappa shape index (κ2) is 5.88. The molecular formula is C19H15NO2. The van der Waals surface area contributed by atoms with Crippen molar-refractivity contribution in [3.63, 3.8) is 0 Å². The van der Waals surface area contributed by atoms with E-state index in [4.69, 9.17) is 0 Å². The Labute approximate surface area is 128 Å². The van der Waals surface area contributed by atoms with Gasteiger partial charge in [0.05, 0.1) is 0 Å². The van der Waals surface area contributed by atoms with Gasteiger partial charge in [-0.25, -0.2) is 0 Å². The number of fused-ring (bicyclic) bond motifs is 1. The number of hydrogen-bond donors (Lipinski definition) is 1. The first kappa shape index (κ1) is 14.1. The van der Waals surface area contributed by atoms with E-state index in [0.29, 0.717) is 10.9 Å². The molecule has 0 saturated heterocycles. The van der Waals surface area contributed by atoms with Crippen LogP contribution in [0.5, 0.6) is 0 Å². The molecule has 0 bridgehead atoms. The van der Waals surface area contributed by atoms with Crippen molar-refractivity contribution in [2.45, 2.75) is 6.10 Å². The van der Waals surface area contributed by atoms with Crippen molar-refractivity contribution in [3.8, 4) is 11.8 Å². The van der Waals surface area contributed by atoms with Crippen molar-refractivity contribution < 1.29 is 5.11 Å². The molecule has 1 atom stereocenters. The Morgan fingerprint density at radius 2 is 1.77 bits per heavy atom. The number of pyridine rings is 1. The van der Waals surface area contributed by atoms with E-state index in [1.807, 2.05) is 36.4 Å². The average Bonchev–Trinajstić information content (AvgIpc) is 2.56. The van der Waals surface area contributed by atoms with Gasteiger partial charge in [0.15, 0.2) is 0 Å². The predicted octanol–water partition coefficient (Wildman–Crippen LogP) is 2.62. The molecule has 0 spiro atoms. The van der Waals surface area contributed by atoms with Gasteiger partial charge in [-0.3, -0.25) is 4.79 Å². The standard InChI is InChI=1S/C19H15NO2/c1-20-13-12-15-16(8-5-9-17(15)19(20)22)18(21)11-10-14-6-3-2-4-7-14/h2-9,12-13,18,21H,1H3. The van der Waals surface area contributed by atoms with Gasteiger partial charge >= 0.3 is 0 Å². The molecule has 2 aromatic carbocycles. The van der Waals surface area contributed by atoms with Gasteiger partial charge in [0, 0.05) is 29.8 Å². The zero-order valence-corrected chi connectivity index (χ0v) is 12.2. The molecule has 3 heteroatoms. The minimum absolute atomic E-state index is 0.0810. The number of aliphatic hydroxyl groups excluding tert-OH is 1. The quantitative estimate of drug-likeness (QED) is 0.700. The van der Waals surface area contributed by atoms with Gasteiger partial charge in [-0.05, 0) is 29.7 Å². The fourth-order valence-electron chi connectivity index (χ4n) is 2.39. The van der Waals surface area contributed by atoms with Crippen LogP contribution in [0.25, 0.3) is 10.8 Å². The minimum atomic E-state index is -0.934. The van der Waals surface area contributed by atoms with Crippen molar-refractivity contribution in [1.82, 2.24) is 4.57 Å². The topological polar surface area (TPSA) is 42.2 Å². The summed E-state index contributed by atoms with van der Waals surface area (Å²) in [4.78, 5) is 12.1. The fraction of sp³-hybridized carbons (Fsp3) is 0.105. The number of aromatic nitrogens is 1. The first-order chi connectivity index (χ1) is 10.7. The smallest absolute Gasteiger partial charge is 0.258 e. The van der Waals surface area contributed by atoms with Gasteiger partial charge in [0.25, 0.3) is 5.56 Å². The Hall–Kier alpha value is -2.83. The molecular weight excluding hydrogens is 274 g/mol. The third-order valence-electron chi connectivity index (χ3n) is 3.58. The first-order valence-electron chi connectivity index (χ1n) is 7.00. The van der Waals surface area contributed by atoms with Gasteiger partial charge in [-0.15, -0.1) is 0 Å². The van der Waals surface area contributed by atoms with Crippen LogP contribution in [0.2, 0.25) is 0 Å². The van der Waals surface area contributed by atoms with E-state index in [1.54, 1.807) is 31.4 Å². The lowest BCUT2D eigenvalue weighted by molar-refractivity contribution is 0.240. The van der Waals surface area contributed by atoms with E-state index >= 15 is 0 Å². The zero-order valence-electron chi connectivity index (χ0n) is 12.2. The molecule has 0 aliphatic heterocycles. The third-order valence-corrected chi connectivity index (χ3v) is 3.58. The van der Waals surface area contributed by atoms with Crippen LogP contribution in [0, 0.1) is 11.8 Å². The molecule has 0 amide bonds. The van der Waals surface area contributed by atoms with Crippen molar-refractivity contribution in [2.75, 3.05) is 0 Å². The molecule has 1 unspecified atom stereocenters. The average molecular weight is 289 g/mol. The number of nitrogens with zero attached hydrogens (tertiary/aromatic N) is 1. The predicted molar refractivity (Wildman–Crippen MR) is 87.5 cm³/mol. The largest absolute Gasteiger partial charge is 0.376 e. The molecule has 0 radical (unpaired) electrons. The molecule has 0 aliphatic rings. The molecule has 0 saturated carbocycles. The van der Waals surface area contributed by atoms with Crippen LogP contribution in [-0.4, -0.2) is 9.67 Å². The summed E-state index contributed by atoms with van der Waals surface area (Å²) >= 11 is 0. The minimum Gasteiger partial charge on any atom is -0.376 e. The molecule has 1 aromatic heterocycles. The summed E-state index contributed by atoms with van der Waals surface area (Å²) in [6.45, 7) is 0. The number of benzene rings is 2. The normalized spacial score (nSPS) is 11.7. The maximum absolute atomic E-state index is 12.1. The molecule has 0 aliphatic carbocycles. The number of aliphatic hydroxyl groups is 1. The van der Waals surface area contributed by atoms with Crippen LogP contribution in [0.15, 0.2) is 65.6 Å². The van der Waals surface area contributed by atoms with Crippen LogP contribution >= 0.6 is 0 Å². The molecule has 3 nitrogen and oxygen atoms in total. The van der Waals surface area contributed by atoms with E-state index in [-0.39, 0.29) is 5.56 Å². The highest BCUT2D eigenvalue weighted by Crippen LogP contribution is 2.21. The Balaban J connectivity index is 2.06. The van der Waals surface area contributed by atoms with E-state index in [9.17, 15) is 9.90 Å². The molecule has 108 valence electrons. The SMILES string of the molecule is Cn1ccc2c(C(O)C#Cc3ccccc3)cccc2c1=O. The maximum atomic E-state index is 12.1. The third kappa shape index (κ3) is 2.65. The molecule has 3 aromatic rings. The second-order valence-electron chi connectivity index (χ2n) is 5.08. The van der Waals surface area contributed by atoms with E-state index in [1.165, 1.54) is 4.57 Å². The van der Waals surface area contributed by atoms with Gasteiger partial charge < -0.3 is 9.67 Å². The number of hydrogen-bond acceptors (Lipinski definition) is 2. The summed E-state index contributed by atoms with van der Waals surface area (Å²) in [7, 11) is 1.71. The van der Waals surface area contributed by atoms with Gasteiger partial charge in [-0.1, -0.05) is 42.2 Å². The van der Waals surface area contributed by atoms with Crippen molar-refractivity contribution in [3.05, 3.63) is 82.3 Å². The highest BCUT2D eigenvalue weighted by atomic mass is 16.3. The van der Waals surface area contributed by atoms with E-state index in [2.05, 4.69) is 11.8 Å². The summed E-state index contributed by atoms with van der Waals surface area (Å²) in [5.41, 5.74) is 1.42. The highest BCUT2D eigenvalue weighted by Gasteiger charge is 2.10. The number of rotatable bonds is 1. The summed E-state index contributed by atoms with van der Waals surface area (Å²) in [5.74, 6) is 5.79. The van der Waals surface area contributed by atoms with E-state index < -0.39 is 6.10 Å². The fourth-order valence-corrected chi connectivity index (χ4v) is 2.39. The van der Waals surface area contributed by atoms with Crippen LogP contribution in [-0.2, 0) is 7.05 Å². The van der Waals surface area contributed by atoms with Crippen molar-refractivity contribution in [1.29, 1.82) is 0 Å². The molecule has 22 heavy (non-hydrogen) atoms. The van der Waals surface area contributed by atoms with E-state index in [0.717, 1.165) is 10.9 Å². The Kier molecular flexibility index (Phi) is 3.78. The molecule has 1 heterocycles. The zero-order chi connectivity index (χ0) is 15.5. The van der Waals surface area contributed by atoms with Crippen molar-refractivity contribution in [2.24, 2.45) is 7.05 Å². The van der Waals surface area contributed by atoms with Crippen LogP contribution in [0.4, 0.5) is 0 Å². The van der Waals surface area contributed by atoms with Gasteiger partial charge in [0.1, 0.15) is 6.10 Å². The van der Waals surface area contributed by atoms with Crippen LogP contribution < -0.4 is 5.56 Å². The van der Waals surface area contributed by atoms with Gasteiger partial charge in [0.2, 0.25) is 0 Å². The summed E-state index contributed by atoms with van der Waals surface area (Å²) in [6.07, 6.45) is 0.766. The monoisotopic (exact) mass is 289 g/mol. The van der Waals surface area contributed by atoms with Crippen LogP contribution in [0.3, 0.4) is 0 Å². The molecule has 3 rings (SSSR count). The summed E-state index contributed by atoms with van der Waals surface area (Å²) in [6, 6.07) is 16.7. The van der Waals surface area contributed by atoms with Gasteiger partial charge in [-0.2, -0.15) is 0 Å². The lowest BCUT2D eigenvalue weighted by Gasteiger charge is -2.09. The Morgan fingerprint density at radius 1 is 1.00 bits per heavy atom. The molecule has 1 N–H and O–H groups in total. The lowest BCUT2D eigenvalue weighted by Crippen LogP contribution is -2.16. The van der Waals surface area contributed by atoms with Crippen molar-refractivity contribution >= 4 is 10.8 Å². The maximum Gasteiger partial charge on any atom is 0.258 e. The van der Waals surface area contributed by atoms with Crippen LogP contribution in [0.1, 0.15) is 17.2 Å². The summed E-state index contributed by atoms with van der Waals surface area (Å²) in [5, 5.41) is 11.7. The number of aryl methyl sites for hydroxylation is 1. The lowest BCUT2D eigenvalue weighted by atomic mass is 10.0. The second-order valence-corrected chi connectivity index (χ2v) is 5.08. The first-order valence-corrected chi connectivity index (χ1v) is 7.00.